The molecule has 0 saturated carbocycles. The van der Waals surface area contributed by atoms with Crippen molar-refractivity contribution in [3.63, 3.8) is 0 Å². The zero-order valence-electron chi connectivity index (χ0n) is 17.8. The van der Waals surface area contributed by atoms with Gasteiger partial charge in [-0.1, -0.05) is 51.9 Å². The largest absolute Gasteiger partial charge is 0.466 e. The number of nitrogens with one attached hydrogen (secondary N) is 1. The fourth-order valence-corrected chi connectivity index (χ4v) is 3.14. The minimum atomic E-state index is -0.177. The SMILES string of the molecule is CCCCCCCCCCc1ccnc(C(=O)NCCCCC(=O)OCC)c1. The minimum Gasteiger partial charge on any atom is -0.466 e. The Labute approximate surface area is 170 Å². The smallest absolute Gasteiger partial charge is 0.305 e. The number of rotatable bonds is 16. The Morgan fingerprint density at radius 1 is 0.964 bits per heavy atom. The lowest BCUT2D eigenvalue weighted by atomic mass is 10.0. The van der Waals surface area contributed by atoms with Crippen LogP contribution in [-0.2, 0) is 16.0 Å². The summed E-state index contributed by atoms with van der Waals surface area (Å²) in [5, 5.41) is 2.88. The van der Waals surface area contributed by atoms with Crippen LogP contribution in [0.4, 0.5) is 0 Å². The Morgan fingerprint density at radius 3 is 2.39 bits per heavy atom. The second kappa shape index (κ2) is 16.1. The first-order valence-corrected chi connectivity index (χ1v) is 11.1. The van der Waals surface area contributed by atoms with Crippen LogP contribution in [0.5, 0.6) is 0 Å². The summed E-state index contributed by atoms with van der Waals surface area (Å²) < 4.78 is 4.88. The van der Waals surface area contributed by atoms with Gasteiger partial charge in [-0.05, 0) is 50.3 Å². The predicted octanol–water partition coefficient (Wildman–Crippen LogP) is 5.23. The lowest BCUT2D eigenvalue weighted by molar-refractivity contribution is -0.143. The van der Waals surface area contributed by atoms with E-state index in [1.54, 1.807) is 13.1 Å². The maximum Gasteiger partial charge on any atom is 0.305 e. The number of nitrogens with zero attached hydrogens (tertiary/aromatic N) is 1. The summed E-state index contributed by atoms with van der Waals surface area (Å²) in [5.41, 5.74) is 1.65. The minimum absolute atomic E-state index is 0.145. The molecule has 5 nitrogen and oxygen atoms in total. The summed E-state index contributed by atoms with van der Waals surface area (Å²) >= 11 is 0. The Morgan fingerprint density at radius 2 is 1.68 bits per heavy atom. The molecule has 1 aromatic heterocycles. The molecule has 1 aromatic rings. The Bertz CT molecular complexity index is 561. The number of ether oxygens (including phenoxy) is 1. The third-order valence-corrected chi connectivity index (χ3v) is 4.77. The molecule has 0 radical (unpaired) electrons. The van der Waals surface area contributed by atoms with Crippen LogP contribution in [0.2, 0.25) is 0 Å². The Balaban J connectivity index is 2.19. The van der Waals surface area contributed by atoms with E-state index in [9.17, 15) is 9.59 Å². The number of unbranched alkanes of at least 4 members (excludes halogenated alkanes) is 8. The van der Waals surface area contributed by atoms with E-state index >= 15 is 0 Å². The van der Waals surface area contributed by atoms with E-state index in [1.165, 1.54) is 50.5 Å². The van der Waals surface area contributed by atoms with E-state index < -0.39 is 0 Å². The Hall–Kier alpha value is -1.91. The number of amides is 1. The van der Waals surface area contributed by atoms with Gasteiger partial charge in [0.1, 0.15) is 5.69 Å². The summed E-state index contributed by atoms with van der Waals surface area (Å²) in [6, 6.07) is 3.90. The first kappa shape index (κ1) is 24.1. The van der Waals surface area contributed by atoms with Crippen molar-refractivity contribution in [2.45, 2.75) is 90.9 Å². The normalized spacial score (nSPS) is 10.6. The van der Waals surface area contributed by atoms with E-state index in [0.717, 1.165) is 19.3 Å². The standard InChI is InChI=1S/C23H38N2O3/c1-3-5-6-7-8-9-10-11-14-20-16-18-24-21(19-20)23(27)25-17-13-12-15-22(26)28-4-2/h16,18-19H,3-15,17H2,1-2H3,(H,25,27). The van der Waals surface area contributed by atoms with E-state index in [2.05, 4.69) is 17.2 Å². The van der Waals surface area contributed by atoms with Crippen LogP contribution in [-0.4, -0.2) is 30.0 Å². The molecule has 1 rings (SSSR count). The second-order valence-corrected chi connectivity index (χ2v) is 7.29. The lowest BCUT2D eigenvalue weighted by Gasteiger charge is -2.07. The molecule has 1 heterocycles. The highest BCUT2D eigenvalue weighted by atomic mass is 16.5. The van der Waals surface area contributed by atoms with Gasteiger partial charge in [-0.25, -0.2) is 0 Å². The molecule has 0 bridgehead atoms. The highest BCUT2D eigenvalue weighted by Crippen LogP contribution is 2.12. The van der Waals surface area contributed by atoms with Gasteiger partial charge in [0, 0.05) is 19.2 Å². The molecule has 5 heteroatoms. The topological polar surface area (TPSA) is 68.3 Å². The third kappa shape index (κ3) is 11.7. The molecule has 28 heavy (non-hydrogen) atoms. The highest BCUT2D eigenvalue weighted by molar-refractivity contribution is 5.92. The number of aryl methyl sites for hydroxylation is 1. The van der Waals surface area contributed by atoms with Crippen molar-refractivity contribution in [1.29, 1.82) is 0 Å². The summed E-state index contributed by atoms with van der Waals surface area (Å²) in [5.74, 6) is -0.321. The Kier molecular flexibility index (Phi) is 13.9. The van der Waals surface area contributed by atoms with Gasteiger partial charge in [-0.15, -0.1) is 0 Å². The van der Waals surface area contributed by atoms with Gasteiger partial charge in [0.25, 0.3) is 5.91 Å². The average molecular weight is 391 g/mol. The molecule has 0 aromatic carbocycles. The number of pyridine rings is 1. The molecule has 0 aliphatic carbocycles. The molecule has 0 spiro atoms. The summed E-state index contributed by atoms with van der Waals surface area (Å²) in [6.07, 6.45) is 15.0. The van der Waals surface area contributed by atoms with Crippen molar-refractivity contribution in [1.82, 2.24) is 10.3 Å². The maximum atomic E-state index is 12.2. The molecule has 1 N–H and O–H groups in total. The van der Waals surface area contributed by atoms with Crippen LogP contribution >= 0.6 is 0 Å². The average Bonchev–Trinajstić information content (AvgIpc) is 2.70. The zero-order chi connectivity index (χ0) is 20.5. The molecule has 0 atom stereocenters. The van der Waals surface area contributed by atoms with Gasteiger partial charge in [0.05, 0.1) is 6.61 Å². The van der Waals surface area contributed by atoms with Gasteiger partial charge in [-0.2, -0.15) is 0 Å². The lowest BCUT2D eigenvalue weighted by Crippen LogP contribution is -2.25. The maximum absolute atomic E-state index is 12.2. The van der Waals surface area contributed by atoms with Gasteiger partial charge >= 0.3 is 5.97 Å². The van der Waals surface area contributed by atoms with Crippen molar-refractivity contribution in [2.75, 3.05) is 13.2 Å². The summed E-state index contributed by atoms with van der Waals surface area (Å²) in [4.78, 5) is 27.7. The van der Waals surface area contributed by atoms with Crippen LogP contribution in [0, 0.1) is 0 Å². The van der Waals surface area contributed by atoms with Gasteiger partial charge in [0.15, 0.2) is 0 Å². The number of aromatic nitrogens is 1. The quantitative estimate of drug-likeness (QED) is 0.310. The summed E-state index contributed by atoms with van der Waals surface area (Å²) in [7, 11) is 0. The molecule has 0 aliphatic rings. The molecule has 0 unspecified atom stereocenters. The number of carbonyl (C=O) groups excluding carboxylic acids is 2. The second-order valence-electron chi connectivity index (χ2n) is 7.29. The molecular formula is C23H38N2O3. The van der Waals surface area contributed by atoms with Crippen molar-refractivity contribution in [3.05, 3.63) is 29.6 Å². The molecule has 158 valence electrons. The van der Waals surface area contributed by atoms with Crippen molar-refractivity contribution in [2.24, 2.45) is 0 Å². The molecule has 0 fully saturated rings. The third-order valence-electron chi connectivity index (χ3n) is 4.77. The first-order chi connectivity index (χ1) is 13.7. The highest BCUT2D eigenvalue weighted by Gasteiger charge is 2.08. The van der Waals surface area contributed by atoms with Crippen LogP contribution in [0.25, 0.3) is 0 Å². The van der Waals surface area contributed by atoms with E-state index in [1.807, 2.05) is 12.1 Å². The zero-order valence-corrected chi connectivity index (χ0v) is 17.8. The van der Waals surface area contributed by atoms with Crippen molar-refractivity contribution < 1.29 is 14.3 Å². The van der Waals surface area contributed by atoms with Crippen LogP contribution < -0.4 is 5.32 Å². The van der Waals surface area contributed by atoms with Crippen molar-refractivity contribution in [3.8, 4) is 0 Å². The van der Waals surface area contributed by atoms with Gasteiger partial charge in [-0.3, -0.25) is 14.6 Å². The molecule has 0 saturated heterocycles. The van der Waals surface area contributed by atoms with Gasteiger partial charge in [0.2, 0.25) is 0 Å². The number of hydrogen-bond donors (Lipinski definition) is 1. The van der Waals surface area contributed by atoms with Crippen LogP contribution in [0.3, 0.4) is 0 Å². The first-order valence-electron chi connectivity index (χ1n) is 11.1. The van der Waals surface area contributed by atoms with E-state index in [4.69, 9.17) is 4.74 Å². The number of carbonyl (C=O) groups is 2. The molecule has 0 aliphatic heterocycles. The fourth-order valence-electron chi connectivity index (χ4n) is 3.14. The van der Waals surface area contributed by atoms with E-state index in [0.29, 0.717) is 31.7 Å². The van der Waals surface area contributed by atoms with Crippen LogP contribution in [0.1, 0.15) is 101 Å². The van der Waals surface area contributed by atoms with Crippen LogP contribution in [0.15, 0.2) is 18.3 Å². The summed E-state index contributed by atoms with van der Waals surface area (Å²) in [6.45, 7) is 5.00. The van der Waals surface area contributed by atoms with Crippen molar-refractivity contribution >= 4 is 11.9 Å². The number of hydrogen-bond acceptors (Lipinski definition) is 4. The van der Waals surface area contributed by atoms with E-state index in [-0.39, 0.29) is 11.9 Å². The molecule has 1 amide bonds. The fraction of sp³-hybridized carbons (Fsp3) is 0.696. The molecular weight excluding hydrogens is 352 g/mol. The predicted molar refractivity (Wildman–Crippen MR) is 113 cm³/mol. The monoisotopic (exact) mass is 390 g/mol. The number of esters is 1. The van der Waals surface area contributed by atoms with Gasteiger partial charge < -0.3 is 10.1 Å².